The van der Waals surface area contributed by atoms with Gasteiger partial charge < -0.3 is 14.5 Å². The summed E-state index contributed by atoms with van der Waals surface area (Å²) in [7, 11) is 0. The van der Waals surface area contributed by atoms with E-state index in [4.69, 9.17) is 9.15 Å². The van der Waals surface area contributed by atoms with Crippen molar-refractivity contribution in [2.24, 2.45) is 0 Å². The third-order valence-electron chi connectivity index (χ3n) is 3.70. The maximum absolute atomic E-state index is 12.0. The summed E-state index contributed by atoms with van der Waals surface area (Å²) in [4.78, 5) is 12.0. The molecule has 1 aromatic heterocycles. The van der Waals surface area contributed by atoms with Gasteiger partial charge in [-0.2, -0.15) is 0 Å². The minimum atomic E-state index is -0.213. The van der Waals surface area contributed by atoms with Crippen molar-refractivity contribution in [3.63, 3.8) is 0 Å². The molecule has 0 spiro atoms. The standard InChI is InChI=1S/C19H19NO3/c1-13-7-3-5-9-16(13)22-12-19(21)20-14(2)18-11-15-8-4-6-10-17(15)23-18/h3-11,14H,12H2,1-2H3,(H,20,21)/t14-/m0/s1. The number of carbonyl (C=O) groups is 1. The van der Waals surface area contributed by atoms with Crippen LogP contribution in [0.5, 0.6) is 5.75 Å². The summed E-state index contributed by atoms with van der Waals surface area (Å²) in [6.07, 6.45) is 0. The van der Waals surface area contributed by atoms with Crippen molar-refractivity contribution in [1.82, 2.24) is 5.32 Å². The van der Waals surface area contributed by atoms with Crippen molar-refractivity contribution in [3.8, 4) is 5.75 Å². The van der Waals surface area contributed by atoms with E-state index in [-0.39, 0.29) is 18.6 Å². The number of ether oxygens (including phenoxy) is 1. The number of amides is 1. The topological polar surface area (TPSA) is 51.5 Å². The Kier molecular flexibility index (Phi) is 4.33. The molecule has 0 radical (unpaired) electrons. The van der Waals surface area contributed by atoms with Gasteiger partial charge in [0.2, 0.25) is 0 Å². The van der Waals surface area contributed by atoms with Gasteiger partial charge >= 0.3 is 0 Å². The van der Waals surface area contributed by atoms with Crippen LogP contribution >= 0.6 is 0 Å². The Morgan fingerprint density at radius 3 is 2.70 bits per heavy atom. The average Bonchev–Trinajstić information content (AvgIpc) is 2.98. The van der Waals surface area contributed by atoms with Crippen molar-refractivity contribution in [2.75, 3.05) is 6.61 Å². The number of carbonyl (C=O) groups excluding carboxylic acids is 1. The van der Waals surface area contributed by atoms with Crippen molar-refractivity contribution >= 4 is 16.9 Å². The summed E-state index contributed by atoms with van der Waals surface area (Å²) in [5.41, 5.74) is 1.82. The fourth-order valence-electron chi connectivity index (χ4n) is 2.43. The zero-order valence-electron chi connectivity index (χ0n) is 13.2. The van der Waals surface area contributed by atoms with Gasteiger partial charge in [0.25, 0.3) is 5.91 Å². The van der Waals surface area contributed by atoms with Gasteiger partial charge in [-0.25, -0.2) is 0 Å². The highest BCUT2D eigenvalue weighted by Gasteiger charge is 2.14. The van der Waals surface area contributed by atoms with Crippen LogP contribution in [0.4, 0.5) is 0 Å². The monoisotopic (exact) mass is 309 g/mol. The maximum Gasteiger partial charge on any atom is 0.258 e. The number of aryl methyl sites for hydroxylation is 1. The average molecular weight is 309 g/mol. The Hall–Kier alpha value is -2.75. The molecule has 1 heterocycles. The summed E-state index contributed by atoms with van der Waals surface area (Å²) in [5.74, 6) is 1.27. The molecule has 1 atom stereocenters. The molecule has 4 heteroatoms. The van der Waals surface area contributed by atoms with E-state index in [1.54, 1.807) is 0 Å². The molecule has 3 aromatic rings. The molecule has 4 nitrogen and oxygen atoms in total. The Bertz CT molecular complexity index is 789. The first-order chi connectivity index (χ1) is 11.1. The molecule has 0 aliphatic rings. The number of benzene rings is 2. The van der Waals surface area contributed by atoms with E-state index in [0.717, 1.165) is 28.0 Å². The Morgan fingerprint density at radius 2 is 1.91 bits per heavy atom. The molecule has 0 aliphatic carbocycles. The summed E-state index contributed by atoms with van der Waals surface area (Å²) in [6.45, 7) is 3.82. The lowest BCUT2D eigenvalue weighted by Gasteiger charge is -2.13. The van der Waals surface area contributed by atoms with E-state index in [9.17, 15) is 4.79 Å². The molecular formula is C19H19NO3. The third kappa shape index (κ3) is 3.54. The first-order valence-electron chi connectivity index (χ1n) is 7.60. The van der Waals surface area contributed by atoms with Crippen LogP contribution in [-0.2, 0) is 4.79 Å². The molecule has 0 aliphatic heterocycles. The minimum Gasteiger partial charge on any atom is -0.484 e. The molecule has 0 fully saturated rings. The SMILES string of the molecule is Cc1ccccc1OCC(=O)N[C@@H](C)c1cc2ccccc2o1. The second-order valence-electron chi connectivity index (χ2n) is 5.53. The number of hydrogen-bond acceptors (Lipinski definition) is 3. The van der Waals surface area contributed by atoms with Crippen molar-refractivity contribution in [1.29, 1.82) is 0 Å². The van der Waals surface area contributed by atoms with Crippen LogP contribution in [0.2, 0.25) is 0 Å². The normalized spacial score (nSPS) is 12.1. The molecule has 0 unspecified atom stereocenters. The van der Waals surface area contributed by atoms with Crippen LogP contribution in [-0.4, -0.2) is 12.5 Å². The Labute approximate surface area is 135 Å². The molecule has 0 saturated heterocycles. The Morgan fingerprint density at radius 1 is 1.17 bits per heavy atom. The molecule has 118 valence electrons. The molecule has 3 rings (SSSR count). The van der Waals surface area contributed by atoms with Gasteiger partial charge in [-0.05, 0) is 37.6 Å². The highest BCUT2D eigenvalue weighted by Crippen LogP contribution is 2.23. The lowest BCUT2D eigenvalue weighted by atomic mass is 10.2. The van der Waals surface area contributed by atoms with Crippen LogP contribution in [0, 0.1) is 6.92 Å². The highest BCUT2D eigenvalue weighted by atomic mass is 16.5. The predicted octanol–water partition coefficient (Wildman–Crippen LogP) is 4.00. The zero-order valence-corrected chi connectivity index (χ0v) is 13.2. The number of hydrogen-bond donors (Lipinski definition) is 1. The van der Waals surface area contributed by atoms with Gasteiger partial charge in [-0.1, -0.05) is 36.4 Å². The summed E-state index contributed by atoms with van der Waals surface area (Å²) in [6, 6.07) is 17.1. The quantitative estimate of drug-likeness (QED) is 0.775. The van der Waals surface area contributed by atoms with E-state index in [1.165, 1.54) is 0 Å². The molecular weight excluding hydrogens is 290 g/mol. The number of furan rings is 1. The van der Waals surface area contributed by atoms with Crippen LogP contribution < -0.4 is 10.1 Å². The Balaban J connectivity index is 1.60. The molecule has 23 heavy (non-hydrogen) atoms. The van der Waals surface area contributed by atoms with Crippen LogP contribution in [0.3, 0.4) is 0 Å². The second-order valence-corrected chi connectivity index (χ2v) is 5.53. The fourth-order valence-corrected chi connectivity index (χ4v) is 2.43. The van der Waals surface area contributed by atoms with E-state index in [0.29, 0.717) is 0 Å². The number of fused-ring (bicyclic) bond motifs is 1. The van der Waals surface area contributed by atoms with Crippen molar-refractivity contribution in [2.45, 2.75) is 19.9 Å². The minimum absolute atomic E-state index is 0.0184. The van der Waals surface area contributed by atoms with Gasteiger partial charge in [-0.15, -0.1) is 0 Å². The fraction of sp³-hybridized carbons (Fsp3) is 0.211. The molecule has 1 N–H and O–H groups in total. The smallest absolute Gasteiger partial charge is 0.258 e. The lowest BCUT2D eigenvalue weighted by Crippen LogP contribution is -2.31. The molecule has 0 bridgehead atoms. The van der Waals surface area contributed by atoms with Crippen LogP contribution in [0.15, 0.2) is 59.0 Å². The predicted molar refractivity (Wildman–Crippen MR) is 89.4 cm³/mol. The van der Waals surface area contributed by atoms with Crippen molar-refractivity contribution in [3.05, 3.63) is 65.9 Å². The maximum atomic E-state index is 12.0. The molecule has 0 saturated carbocycles. The summed E-state index contributed by atoms with van der Waals surface area (Å²) < 4.78 is 11.3. The van der Waals surface area contributed by atoms with Crippen LogP contribution in [0.25, 0.3) is 11.0 Å². The third-order valence-corrected chi connectivity index (χ3v) is 3.70. The number of nitrogens with one attached hydrogen (secondary N) is 1. The van der Waals surface area contributed by atoms with Crippen LogP contribution in [0.1, 0.15) is 24.3 Å². The first-order valence-corrected chi connectivity index (χ1v) is 7.60. The van der Waals surface area contributed by atoms with Crippen molar-refractivity contribution < 1.29 is 13.9 Å². The number of para-hydroxylation sites is 2. The van der Waals surface area contributed by atoms with Gasteiger partial charge in [0.15, 0.2) is 6.61 Å². The lowest BCUT2D eigenvalue weighted by molar-refractivity contribution is -0.123. The summed E-state index contributed by atoms with van der Waals surface area (Å²) in [5, 5.41) is 3.92. The molecule has 2 aromatic carbocycles. The van der Waals surface area contributed by atoms with Gasteiger partial charge in [0.1, 0.15) is 17.1 Å². The largest absolute Gasteiger partial charge is 0.484 e. The second kappa shape index (κ2) is 6.57. The van der Waals surface area contributed by atoms with Gasteiger partial charge in [0, 0.05) is 5.39 Å². The number of rotatable bonds is 5. The van der Waals surface area contributed by atoms with E-state index in [2.05, 4.69) is 5.32 Å². The van der Waals surface area contributed by atoms with Gasteiger partial charge in [-0.3, -0.25) is 4.79 Å². The van der Waals surface area contributed by atoms with Gasteiger partial charge in [0.05, 0.1) is 6.04 Å². The summed E-state index contributed by atoms with van der Waals surface area (Å²) >= 11 is 0. The molecule has 1 amide bonds. The van der Waals surface area contributed by atoms with E-state index >= 15 is 0 Å². The zero-order chi connectivity index (χ0) is 16.2. The van der Waals surface area contributed by atoms with E-state index < -0.39 is 0 Å². The highest BCUT2D eigenvalue weighted by molar-refractivity contribution is 5.79. The first kappa shape index (κ1) is 15.2. The van der Waals surface area contributed by atoms with E-state index in [1.807, 2.05) is 68.4 Å².